The lowest BCUT2D eigenvalue weighted by molar-refractivity contribution is -0.137. The number of benzene rings is 1. The summed E-state index contributed by atoms with van der Waals surface area (Å²) in [6.07, 6.45) is 7.73. The monoisotopic (exact) mass is 490 g/mol. The maximum atomic E-state index is 13.0. The van der Waals surface area contributed by atoms with Gasteiger partial charge in [0.2, 0.25) is 0 Å². The van der Waals surface area contributed by atoms with Crippen molar-refractivity contribution in [1.82, 2.24) is 0 Å². The number of allylic oxidation sites excluding steroid dienone is 2. The largest absolute Gasteiger partial charge is 0.481 e. The van der Waals surface area contributed by atoms with Crippen LogP contribution < -0.4 is 0 Å². The number of aliphatic hydroxyl groups excluding tert-OH is 2. The van der Waals surface area contributed by atoms with E-state index in [1.54, 1.807) is 37.3 Å². The first kappa shape index (κ1) is 25.6. The number of halogens is 1. The third kappa shape index (κ3) is 5.93. The molecule has 0 amide bonds. The molecule has 0 bridgehead atoms. The van der Waals surface area contributed by atoms with Crippen LogP contribution in [0.4, 0.5) is 0 Å². The molecule has 5 nitrogen and oxygen atoms in total. The molecule has 1 aromatic carbocycles. The minimum absolute atomic E-state index is 0.00174. The first-order chi connectivity index (χ1) is 15.6. The predicted octanol–water partition coefficient (Wildman–Crippen LogP) is 5.42. The number of ketones is 1. The highest BCUT2D eigenvalue weighted by molar-refractivity contribution is 7.19. The average molecular weight is 491 g/mol. The number of unbranched alkanes of at least 4 members (excludes halogenated alkanes) is 1. The Labute approximate surface area is 203 Å². The standard InChI is InChI=1S/C26H31ClO5S/c1-26(2)24(31)17(9-5-3-4-6-12-22(29)30)18(25(26)32)14-13-16(28)15-21-23(27)19-10-7-8-11-20(19)33-21/h3,5,7-8,10-11,13-14,16-18,25,28,32H,4,6,9,12,15H2,1-2H3,(H,29,30)/t16?,17-,18-,25+/m1/s1. The van der Waals surface area contributed by atoms with Gasteiger partial charge in [0.15, 0.2) is 0 Å². The number of fused-ring (bicyclic) bond motifs is 1. The van der Waals surface area contributed by atoms with Crippen LogP contribution in [0.15, 0.2) is 48.6 Å². The smallest absolute Gasteiger partial charge is 0.303 e. The van der Waals surface area contributed by atoms with Crippen LogP contribution in [0.1, 0.15) is 44.4 Å². The van der Waals surface area contributed by atoms with Gasteiger partial charge in [-0.15, -0.1) is 11.3 Å². The fourth-order valence-electron chi connectivity index (χ4n) is 4.45. The lowest BCUT2D eigenvalue weighted by atomic mass is 9.86. The van der Waals surface area contributed by atoms with Crippen molar-refractivity contribution in [3.05, 3.63) is 58.5 Å². The number of rotatable bonds is 10. The van der Waals surface area contributed by atoms with Crippen molar-refractivity contribution in [3.8, 4) is 0 Å². The number of aliphatic hydroxyl groups is 2. The number of hydrogen-bond donors (Lipinski definition) is 3. The van der Waals surface area contributed by atoms with Crippen LogP contribution in [0, 0.1) is 17.3 Å². The number of hydrogen-bond acceptors (Lipinski definition) is 5. The molecule has 1 unspecified atom stereocenters. The highest BCUT2D eigenvalue weighted by atomic mass is 35.5. The zero-order valence-corrected chi connectivity index (χ0v) is 20.5. The van der Waals surface area contributed by atoms with Gasteiger partial charge >= 0.3 is 5.97 Å². The summed E-state index contributed by atoms with van der Waals surface area (Å²) in [6, 6.07) is 7.85. The van der Waals surface area contributed by atoms with E-state index in [-0.39, 0.29) is 18.1 Å². The molecule has 3 rings (SSSR count). The normalized spacial score (nSPS) is 23.8. The molecule has 3 N–H and O–H groups in total. The zero-order valence-electron chi connectivity index (χ0n) is 18.9. The number of Topliss-reactive ketones (excluding diaryl/α,β-unsaturated/α-hetero) is 1. The van der Waals surface area contributed by atoms with Gasteiger partial charge in [-0.1, -0.05) is 68.0 Å². The molecule has 0 radical (unpaired) electrons. The van der Waals surface area contributed by atoms with Crippen molar-refractivity contribution in [3.63, 3.8) is 0 Å². The SMILES string of the molecule is CC1(C)C(=O)[C@H](CC=CCCCC(=O)O)[C@@H](C=CC(O)Cc2sc3ccccc3c2Cl)[C@@H]1O. The Kier molecular flexibility index (Phi) is 8.51. The zero-order chi connectivity index (χ0) is 24.2. The Morgan fingerprint density at radius 1 is 1.27 bits per heavy atom. The van der Waals surface area contributed by atoms with Crippen molar-refractivity contribution in [2.45, 2.75) is 58.2 Å². The first-order valence-electron chi connectivity index (χ1n) is 11.2. The van der Waals surface area contributed by atoms with Crippen molar-refractivity contribution >= 4 is 44.8 Å². The van der Waals surface area contributed by atoms with E-state index in [0.717, 1.165) is 15.0 Å². The van der Waals surface area contributed by atoms with Gasteiger partial charge in [0.05, 0.1) is 22.6 Å². The minimum atomic E-state index is -0.865. The summed E-state index contributed by atoms with van der Waals surface area (Å²) >= 11 is 8.05. The van der Waals surface area contributed by atoms with E-state index in [2.05, 4.69) is 0 Å². The quantitative estimate of drug-likeness (QED) is 0.305. The lowest BCUT2D eigenvalue weighted by Gasteiger charge is -2.22. The van der Waals surface area contributed by atoms with E-state index in [1.807, 2.05) is 36.4 Å². The highest BCUT2D eigenvalue weighted by Crippen LogP contribution is 2.45. The van der Waals surface area contributed by atoms with Gasteiger partial charge in [-0.3, -0.25) is 9.59 Å². The summed E-state index contributed by atoms with van der Waals surface area (Å²) in [5, 5.41) is 31.8. The number of aliphatic carboxylic acids is 1. The summed E-state index contributed by atoms with van der Waals surface area (Å²) in [5.41, 5.74) is -0.865. The molecule has 1 fully saturated rings. The number of carbonyl (C=O) groups excluding carboxylic acids is 1. The van der Waals surface area contributed by atoms with Crippen LogP contribution in [0.3, 0.4) is 0 Å². The minimum Gasteiger partial charge on any atom is -0.481 e. The van der Waals surface area contributed by atoms with E-state index >= 15 is 0 Å². The molecule has 1 saturated carbocycles. The topological polar surface area (TPSA) is 94.8 Å². The fourth-order valence-corrected chi connectivity index (χ4v) is 6.00. The van der Waals surface area contributed by atoms with Gasteiger partial charge in [0.25, 0.3) is 0 Å². The maximum Gasteiger partial charge on any atom is 0.303 e. The van der Waals surface area contributed by atoms with E-state index in [1.165, 1.54) is 0 Å². The van der Waals surface area contributed by atoms with Gasteiger partial charge in [0, 0.05) is 39.6 Å². The molecule has 0 saturated heterocycles. The second-order valence-corrected chi connectivity index (χ2v) is 10.7. The lowest BCUT2D eigenvalue weighted by Crippen LogP contribution is -2.31. The molecule has 1 heterocycles. The number of thiophene rings is 1. The van der Waals surface area contributed by atoms with E-state index in [4.69, 9.17) is 16.7 Å². The first-order valence-corrected chi connectivity index (χ1v) is 12.4. The summed E-state index contributed by atoms with van der Waals surface area (Å²) in [7, 11) is 0. The number of carbonyl (C=O) groups is 2. The van der Waals surface area contributed by atoms with Crippen LogP contribution in [-0.2, 0) is 16.0 Å². The van der Waals surface area contributed by atoms with Gasteiger partial charge in [-0.05, 0) is 25.3 Å². The maximum absolute atomic E-state index is 13.0. The van der Waals surface area contributed by atoms with E-state index in [9.17, 15) is 19.8 Å². The predicted molar refractivity (Wildman–Crippen MR) is 133 cm³/mol. The third-order valence-electron chi connectivity index (χ3n) is 6.41. The fraction of sp³-hybridized carbons (Fsp3) is 0.462. The molecular weight excluding hydrogens is 460 g/mol. The Morgan fingerprint density at radius 2 is 2.00 bits per heavy atom. The van der Waals surface area contributed by atoms with Crippen LogP contribution >= 0.6 is 22.9 Å². The summed E-state index contributed by atoms with van der Waals surface area (Å²) < 4.78 is 1.07. The highest BCUT2D eigenvalue weighted by Gasteiger charge is 2.52. The van der Waals surface area contributed by atoms with Gasteiger partial charge in [-0.25, -0.2) is 0 Å². The molecule has 1 aliphatic carbocycles. The van der Waals surface area contributed by atoms with Gasteiger partial charge < -0.3 is 15.3 Å². The summed E-state index contributed by atoms with van der Waals surface area (Å²) in [4.78, 5) is 24.5. The van der Waals surface area contributed by atoms with Gasteiger partial charge in [-0.2, -0.15) is 0 Å². The molecule has 7 heteroatoms. The molecular formula is C26H31ClO5S. The van der Waals surface area contributed by atoms with Gasteiger partial charge in [0.1, 0.15) is 5.78 Å². The Bertz CT molecular complexity index is 1050. The van der Waals surface area contributed by atoms with Crippen molar-refractivity contribution in [1.29, 1.82) is 0 Å². The molecule has 0 spiro atoms. The molecule has 4 atom stereocenters. The van der Waals surface area contributed by atoms with E-state index < -0.39 is 29.5 Å². The second kappa shape index (κ2) is 11.0. The molecule has 33 heavy (non-hydrogen) atoms. The Morgan fingerprint density at radius 3 is 2.70 bits per heavy atom. The Hall–Kier alpha value is -1.99. The molecule has 1 aromatic heterocycles. The van der Waals surface area contributed by atoms with Crippen LogP contribution in [0.2, 0.25) is 5.02 Å². The van der Waals surface area contributed by atoms with Crippen LogP contribution in [-0.4, -0.2) is 39.3 Å². The second-order valence-electron chi connectivity index (χ2n) is 9.20. The number of carboxylic acid groups (broad SMARTS) is 1. The molecule has 1 aliphatic rings. The Balaban J connectivity index is 1.67. The van der Waals surface area contributed by atoms with Crippen molar-refractivity contribution < 1.29 is 24.9 Å². The average Bonchev–Trinajstić information content (AvgIpc) is 3.16. The summed E-state index contributed by atoms with van der Waals surface area (Å²) in [5.74, 6) is -1.60. The van der Waals surface area contributed by atoms with Crippen molar-refractivity contribution in [2.75, 3.05) is 0 Å². The third-order valence-corrected chi connectivity index (χ3v) is 8.15. The summed E-state index contributed by atoms with van der Waals surface area (Å²) in [6.45, 7) is 3.51. The van der Waals surface area contributed by atoms with Crippen LogP contribution in [0.5, 0.6) is 0 Å². The van der Waals surface area contributed by atoms with Crippen LogP contribution in [0.25, 0.3) is 10.1 Å². The number of carboxylic acids is 1. The van der Waals surface area contributed by atoms with Crippen molar-refractivity contribution in [2.24, 2.45) is 17.3 Å². The molecule has 0 aliphatic heterocycles. The van der Waals surface area contributed by atoms with E-state index in [0.29, 0.717) is 30.7 Å². The molecule has 178 valence electrons. The molecule has 2 aromatic rings.